The van der Waals surface area contributed by atoms with Crippen molar-refractivity contribution >= 4 is 17.7 Å². The third-order valence-electron chi connectivity index (χ3n) is 4.19. The minimum absolute atomic E-state index is 0.201. The largest absolute Gasteiger partial charge is 0.392 e. The molecule has 1 aromatic rings. The summed E-state index contributed by atoms with van der Waals surface area (Å²) < 4.78 is 0. The average Bonchev–Trinajstić information content (AvgIpc) is 2.58. The van der Waals surface area contributed by atoms with Crippen LogP contribution in [-0.2, 0) is 10.3 Å². The van der Waals surface area contributed by atoms with E-state index in [4.69, 9.17) is 5.41 Å². The molecule has 0 bridgehead atoms. The predicted octanol–water partition coefficient (Wildman–Crippen LogP) is 1.75. The zero-order valence-electron chi connectivity index (χ0n) is 10.9. The highest BCUT2D eigenvalue weighted by Gasteiger charge is 2.55. The van der Waals surface area contributed by atoms with E-state index >= 15 is 0 Å². The number of nitrogens with zero attached hydrogens (tertiary/aromatic N) is 1. The molecule has 3 atom stereocenters. The second kappa shape index (κ2) is 3.78. The molecule has 0 spiro atoms. The Hall–Kier alpha value is -1.94. The van der Waals surface area contributed by atoms with Crippen LogP contribution in [0.15, 0.2) is 30.5 Å². The number of carbonyl (C=O) groups excluding carboxylic acids is 1. The van der Waals surface area contributed by atoms with Crippen LogP contribution < -0.4 is 0 Å². The van der Waals surface area contributed by atoms with Crippen molar-refractivity contribution in [2.45, 2.75) is 25.5 Å². The molecule has 2 N–H and O–H groups in total. The number of fused-ring (bicyclic) bond motifs is 3. The summed E-state index contributed by atoms with van der Waals surface area (Å²) >= 11 is 0. The van der Waals surface area contributed by atoms with Crippen molar-refractivity contribution in [3.63, 3.8) is 0 Å². The fourth-order valence-corrected chi connectivity index (χ4v) is 3.11. The Morgan fingerprint density at radius 2 is 2.11 bits per heavy atom. The van der Waals surface area contributed by atoms with Gasteiger partial charge >= 0.3 is 0 Å². The highest BCUT2D eigenvalue weighted by molar-refractivity contribution is 6.16. The van der Waals surface area contributed by atoms with Gasteiger partial charge in [0.25, 0.3) is 0 Å². The third-order valence-corrected chi connectivity index (χ3v) is 4.19. The van der Waals surface area contributed by atoms with Crippen molar-refractivity contribution < 1.29 is 9.90 Å². The Balaban J connectivity index is 2.22. The number of amides is 1. The zero-order valence-corrected chi connectivity index (χ0v) is 10.9. The molecule has 1 aromatic carbocycles. The molecule has 98 valence electrons. The van der Waals surface area contributed by atoms with Gasteiger partial charge in [-0.15, -0.1) is 0 Å². The smallest absolute Gasteiger partial charge is 0.239 e. The van der Waals surface area contributed by atoms with Crippen molar-refractivity contribution in [3.8, 4) is 0 Å². The van der Waals surface area contributed by atoms with Crippen molar-refractivity contribution in [1.82, 2.24) is 4.90 Å². The van der Waals surface area contributed by atoms with Crippen molar-refractivity contribution in [1.29, 1.82) is 5.41 Å². The number of benzene rings is 1. The first kappa shape index (κ1) is 12.1. The lowest BCUT2D eigenvalue weighted by atomic mass is 9.80. The van der Waals surface area contributed by atoms with Crippen LogP contribution >= 0.6 is 0 Å². The molecule has 4 heteroatoms. The lowest BCUT2D eigenvalue weighted by Crippen LogP contribution is -2.43. The van der Waals surface area contributed by atoms with E-state index in [0.717, 1.165) is 11.1 Å². The number of carbonyl (C=O) groups is 1. The number of nitrogens with one attached hydrogen (secondary N) is 1. The maximum Gasteiger partial charge on any atom is 0.239 e. The third kappa shape index (κ3) is 1.37. The van der Waals surface area contributed by atoms with Gasteiger partial charge in [-0.25, -0.2) is 0 Å². The van der Waals surface area contributed by atoms with E-state index in [1.165, 1.54) is 0 Å². The van der Waals surface area contributed by atoms with Crippen LogP contribution in [-0.4, -0.2) is 27.7 Å². The Kier molecular flexibility index (Phi) is 2.41. The van der Waals surface area contributed by atoms with E-state index in [9.17, 15) is 9.90 Å². The van der Waals surface area contributed by atoms with Gasteiger partial charge in [-0.1, -0.05) is 24.3 Å². The fraction of sp³-hybridized carbons (Fsp3) is 0.333. The molecular weight excluding hydrogens is 240 g/mol. The summed E-state index contributed by atoms with van der Waals surface area (Å²) in [6.07, 6.45) is 2.76. The first-order valence-electron chi connectivity index (χ1n) is 6.36. The zero-order chi connectivity index (χ0) is 13.8. The number of aliphatic hydroxyl groups is 1. The molecule has 3 rings (SSSR count). The van der Waals surface area contributed by atoms with Crippen molar-refractivity contribution in [2.75, 3.05) is 0 Å². The van der Waals surface area contributed by atoms with E-state index in [-0.39, 0.29) is 11.6 Å². The van der Waals surface area contributed by atoms with E-state index in [0.29, 0.717) is 0 Å². The van der Waals surface area contributed by atoms with Gasteiger partial charge in [0.1, 0.15) is 11.5 Å². The summed E-state index contributed by atoms with van der Waals surface area (Å²) in [6, 6.07) is 7.77. The molecule has 0 radical (unpaired) electrons. The number of aliphatic hydroxyl groups excluding tert-OH is 1. The van der Waals surface area contributed by atoms with Gasteiger partial charge in [-0.2, -0.15) is 0 Å². The molecule has 2 heterocycles. The quantitative estimate of drug-likeness (QED) is 0.804. The predicted molar refractivity (Wildman–Crippen MR) is 72.6 cm³/mol. The van der Waals surface area contributed by atoms with Crippen LogP contribution in [0.25, 0.3) is 6.08 Å². The van der Waals surface area contributed by atoms with Crippen LogP contribution in [0.3, 0.4) is 0 Å². The van der Waals surface area contributed by atoms with E-state index in [1.807, 2.05) is 37.3 Å². The number of hydrogen-bond acceptors (Lipinski definition) is 3. The molecule has 2 aliphatic heterocycles. The SMILES string of the molecule is CC(O)C1C(=N)C2(C)c3ccccc3C=CN2C1=O. The van der Waals surface area contributed by atoms with Crippen LogP contribution in [0, 0.1) is 11.3 Å². The van der Waals surface area contributed by atoms with Crippen molar-refractivity contribution in [2.24, 2.45) is 5.92 Å². The molecule has 0 aliphatic carbocycles. The van der Waals surface area contributed by atoms with Gasteiger partial charge in [0.15, 0.2) is 0 Å². The highest BCUT2D eigenvalue weighted by atomic mass is 16.3. The topological polar surface area (TPSA) is 64.4 Å². The summed E-state index contributed by atoms with van der Waals surface area (Å²) in [4.78, 5) is 14.0. The normalized spacial score (nSPS) is 30.3. The number of rotatable bonds is 1. The lowest BCUT2D eigenvalue weighted by Gasteiger charge is -2.37. The minimum atomic E-state index is -0.844. The summed E-state index contributed by atoms with van der Waals surface area (Å²) in [6.45, 7) is 3.44. The second-order valence-electron chi connectivity index (χ2n) is 5.32. The molecule has 19 heavy (non-hydrogen) atoms. The van der Waals surface area contributed by atoms with E-state index < -0.39 is 17.6 Å². The van der Waals surface area contributed by atoms with Crippen LogP contribution in [0.1, 0.15) is 25.0 Å². The Morgan fingerprint density at radius 1 is 1.42 bits per heavy atom. The highest BCUT2D eigenvalue weighted by Crippen LogP contribution is 2.44. The molecular formula is C15H16N2O2. The lowest BCUT2D eigenvalue weighted by molar-refractivity contribution is -0.132. The van der Waals surface area contributed by atoms with Gasteiger partial charge < -0.3 is 15.4 Å². The van der Waals surface area contributed by atoms with E-state index in [2.05, 4.69) is 0 Å². The maximum absolute atomic E-state index is 12.4. The minimum Gasteiger partial charge on any atom is -0.392 e. The van der Waals surface area contributed by atoms with Gasteiger partial charge in [0.2, 0.25) is 5.91 Å². The molecule has 1 fully saturated rings. The maximum atomic E-state index is 12.4. The van der Waals surface area contributed by atoms with Crippen LogP contribution in [0.2, 0.25) is 0 Å². The molecule has 1 amide bonds. The fourth-order valence-electron chi connectivity index (χ4n) is 3.11. The van der Waals surface area contributed by atoms with Gasteiger partial charge in [-0.3, -0.25) is 4.79 Å². The average molecular weight is 256 g/mol. The summed E-state index contributed by atoms with van der Waals surface area (Å²) in [5.74, 6) is -0.950. The summed E-state index contributed by atoms with van der Waals surface area (Å²) in [5, 5.41) is 18.2. The molecule has 4 nitrogen and oxygen atoms in total. The van der Waals surface area contributed by atoms with Crippen LogP contribution in [0.4, 0.5) is 0 Å². The Labute approximate surface area is 111 Å². The Bertz CT molecular complexity index is 606. The molecule has 1 saturated heterocycles. The standard InChI is InChI=1S/C15H16N2O2/c1-9(18)12-13(16)15(2)11-6-4-3-5-10(11)7-8-17(15)14(12)19/h3-9,12,16,18H,1-2H3. The summed E-state index contributed by atoms with van der Waals surface area (Å²) in [7, 11) is 0. The first-order valence-corrected chi connectivity index (χ1v) is 6.36. The van der Waals surface area contributed by atoms with Crippen molar-refractivity contribution in [3.05, 3.63) is 41.6 Å². The summed E-state index contributed by atoms with van der Waals surface area (Å²) in [5.41, 5.74) is 1.46. The number of hydrogen-bond donors (Lipinski definition) is 2. The molecule has 2 aliphatic rings. The first-order chi connectivity index (χ1) is 8.98. The molecule has 0 saturated carbocycles. The molecule has 0 aromatic heterocycles. The van der Waals surface area contributed by atoms with Gasteiger partial charge in [0, 0.05) is 6.20 Å². The van der Waals surface area contributed by atoms with E-state index in [1.54, 1.807) is 18.0 Å². The van der Waals surface area contributed by atoms with Gasteiger partial charge in [0.05, 0.1) is 11.8 Å². The van der Waals surface area contributed by atoms with Crippen LogP contribution in [0.5, 0.6) is 0 Å². The van der Waals surface area contributed by atoms with Gasteiger partial charge in [-0.05, 0) is 31.1 Å². The Morgan fingerprint density at radius 3 is 2.79 bits per heavy atom. The second-order valence-corrected chi connectivity index (χ2v) is 5.32. The molecule has 3 unspecified atom stereocenters. The monoisotopic (exact) mass is 256 g/mol.